The lowest BCUT2D eigenvalue weighted by Crippen LogP contribution is -2.30. The van der Waals surface area contributed by atoms with Crippen molar-refractivity contribution in [3.05, 3.63) is 0 Å². The molecule has 102 valence electrons. The molecule has 1 unspecified atom stereocenters. The normalized spacial score (nSPS) is 14.7. The first-order valence-corrected chi connectivity index (χ1v) is 6.83. The molecule has 1 N–H and O–H groups in total. The zero-order valence-electron chi connectivity index (χ0n) is 12.5. The summed E-state index contributed by atoms with van der Waals surface area (Å²) in [5, 5.41) is 9.30. The van der Waals surface area contributed by atoms with Crippen molar-refractivity contribution in [1.82, 2.24) is 0 Å². The van der Waals surface area contributed by atoms with Gasteiger partial charge in [0.2, 0.25) is 0 Å². The molecule has 2 heteroatoms. The number of carboxylic acid groups (broad SMARTS) is 1. The van der Waals surface area contributed by atoms with Gasteiger partial charge in [-0.15, -0.1) is 0 Å². The van der Waals surface area contributed by atoms with Gasteiger partial charge in [-0.1, -0.05) is 60.8 Å². The Morgan fingerprint density at radius 1 is 1.12 bits per heavy atom. The SMILES string of the molecule is CCC(C)(C)C(CCCCC(C)(C)C)C(=O)O. The van der Waals surface area contributed by atoms with Crippen LogP contribution in [0.4, 0.5) is 0 Å². The second-order valence-electron chi connectivity index (χ2n) is 7.04. The van der Waals surface area contributed by atoms with Crippen LogP contribution in [0.15, 0.2) is 0 Å². The molecule has 0 aromatic rings. The monoisotopic (exact) mass is 242 g/mol. The number of hydrogen-bond acceptors (Lipinski definition) is 1. The van der Waals surface area contributed by atoms with Crippen molar-refractivity contribution < 1.29 is 9.90 Å². The molecule has 2 nitrogen and oxygen atoms in total. The van der Waals surface area contributed by atoms with Gasteiger partial charge < -0.3 is 5.11 Å². The van der Waals surface area contributed by atoms with E-state index >= 15 is 0 Å². The van der Waals surface area contributed by atoms with Gasteiger partial charge in [-0.05, 0) is 23.7 Å². The minimum Gasteiger partial charge on any atom is -0.481 e. The summed E-state index contributed by atoms with van der Waals surface area (Å²) >= 11 is 0. The van der Waals surface area contributed by atoms with Crippen LogP contribution in [0.5, 0.6) is 0 Å². The predicted molar refractivity (Wildman–Crippen MR) is 73.1 cm³/mol. The lowest BCUT2D eigenvalue weighted by atomic mass is 9.74. The van der Waals surface area contributed by atoms with Crippen LogP contribution in [0.3, 0.4) is 0 Å². The Bertz CT molecular complexity index is 236. The van der Waals surface area contributed by atoms with Crippen LogP contribution in [-0.2, 0) is 4.79 Å². The average molecular weight is 242 g/mol. The molecular weight excluding hydrogens is 212 g/mol. The Hall–Kier alpha value is -0.530. The molecule has 0 aliphatic heterocycles. The first-order chi connectivity index (χ1) is 7.60. The van der Waals surface area contributed by atoms with Gasteiger partial charge in [0.05, 0.1) is 5.92 Å². The molecular formula is C15H30O2. The van der Waals surface area contributed by atoms with Crippen LogP contribution >= 0.6 is 0 Å². The second-order valence-corrected chi connectivity index (χ2v) is 7.04. The zero-order chi connectivity index (χ0) is 13.7. The molecule has 0 amide bonds. The Kier molecular flexibility index (Phi) is 6.22. The van der Waals surface area contributed by atoms with Crippen molar-refractivity contribution in [2.24, 2.45) is 16.7 Å². The molecule has 0 rings (SSSR count). The van der Waals surface area contributed by atoms with E-state index in [1.54, 1.807) is 0 Å². The maximum absolute atomic E-state index is 11.3. The Morgan fingerprint density at radius 3 is 2.00 bits per heavy atom. The Morgan fingerprint density at radius 2 is 1.65 bits per heavy atom. The number of unbranched alkanes of at least 4 members (excludes halogenated alkanes) is 1. The van der Waals surface area contributed by atoms with Gasteiger partial charge >= 0.3 is 5.97 Å². The third kappa shape index (κ3) is 6.70. The molecule has 1 atom stereocenters. The van der Waals surface area contributed by atoms with Crippen LogP contribution in [0.25, 0.3) is 0 Å². The smallest absolute Gasteiger partial charge is 0.307 e. The van der Waals surface area contributed by atoms with Gasteiger partial charge in [0.1, 0.15) is 0 Å². The predicted octanol–water partition coefficient (Wildman–Crippen LogP) is 4.73. The lowest BCUT2D eigenvalue weighted by Gasteiger charge is -2.30. The first-order valence-electron chi connectivity index (χ1n) is 6.83. The van der Waals surface area contributed by atoms with E-state index in [-0.39, 0.29) is 11.3 Å². The van der Waals surface area contributed by atoms with Gasteiger partial charge in [0.15, 0.2) is 0 Å². The quantitative estimate of drug-likeness (QED) is 0.655. The fourth-order valence-electron chi connectivity index (χ4n) is 2.10. The molecule has 0 heterocycles. The van der Waals surface area contributed by atoms with Gasteiger partial charge in [-0.25, -0.2) is 0 Å². The van der Waals surface area contributed by atoms with Crippen LogP contribution in [-0.4, -0.2) is 11.1 Å². The van der Waals surface area contributed by atoms with Gasteiger partial charge in [-0.3, -0.25) is 4.79 Å². The summed E-state index contributed by atoms with van der Waals surface area (Å²) < 4.78 is 0. The second kappa shape index (κ2) is 6.42. The number of carbonyl (C=O) groups is 1. The molecule has 0 aromatic carbocycles. The Labute approximate surface area is 107 Å². The Balaban J connectivity index is 4.17. The topological polar surface area (TPSA) is 37.3 Å². The van der Waals surface area contributed by atoms with Crippen LogP contribution in [0.1, 0.15) is 73.6 Å². The first kappa shape index (κ1) is 16.5. The van der Waals surface area contributed by atoms with E-state index in [0.29, 0.717) is 5.41 Å². The van der Waals surface area contributed by atoms with Gasteiger partial charge in [-0.2, -0.15) is 0 Å². The van der Waals surface area contributed by atoms with E-state index in [9.17, 15) is 9.90 Å². The lowest BCUT2D eigenvalue weighted by molar-refractivity contribution is -0.146. The van der Waals surface area contributed by atoms with Crippen molar-refractivity contribution in [2.45, 2.75) is 73.6 Å². The summed E-state index contributed by atoms with van der Waals surface area (Å²) in [7, 11) is 0. The molecule has 0 aromatic heterocycles. The molecule has 0 saturated carbocycles. The molecule has 0 saturated heterocycles. The minimum absolute atomic E-state index is 0.0897. The molecule has 0 aliphatic carbocycles. The van der Waals surface area contributed by atoms with Crippen LogP contribution in [0, 0.1) is 16.7 Å². The summed E-state index contributed by atoms with van der Waals surface area (Å²) in [6.07, 6.45) is 5.06. The highest BCUT2D eigenvalue weighted by atomic mass is 16.4. The fourth-order valence-corrected chi connectivity index (χ4v) is 2.10. The van der Waals surface area contributed by atoms with E-state index in [1.165, 1.54) is 6.42 Å². The van der Waals surface area contributed by atoms with Crippen molar-refractivity contribution in [1.29, 1.82) is 0 Å². The van der Waals surface area contributed by atoms with E-state index in [2.05, 4.69) is 41.5 Å². The minimum atomic E-state index is -0.632. The van der Waals surface area contributed by atoms with E-state index in [0.717, 1.165) is 25.7 Å². The van der Waals surface area contributed by atoms with E-state index < -0.39 is 5.97 Å². The third-order valence-electron chi connectivity index (χ3n) is 3.82. The molecule has 0 aliphatic rings. The number of hydrogen-bond donors (Lipinski definition) is 1. The largest absolute Gasteiger partial charge is 0.481 e. The summed E-state index contributed by atoms with van der Waals surface area (Å²) in [5.41, 5.74) is 0.270. The van der Waals surface area contributed by atoms with Gasteiger partial charge in [0, 0.05) is 0 Å². The highest BCUT2D eigenvalue weighted by Gasteiger charge is 2.33. The summed E-state index contributed by atoms with van der Waals surface area (Å²) in [4.78, 5) is 11.3. The molecule has 17 heavy (non-hydrogen) atoms. The van der Waals surface area contributed by atoms with Crippen molar-refractivity contribution in [2.75, 3.05) is 0 Å². The molecule has 0 radical (unpaired) electrons. The van der Waals surface area contributed by atoms with Crippen molar-refractivity contribution in [3.63, 3.8) is 0 Å². The van der Waals surface area contributed by atoms with E-state index in [4.69, 9.17) is 0 Å². The zero-order valence-corrected chi connectivity index (χ0v) is 12.5. The number of rotatable bonds is 7. The number of carboxylic acids is 1. The van der Waals surface area contributed by atoms with Crippen molar-refractivity contribution >= 4 is 5.97 Å². The average Bonchev–Trinajstić information content (AvgIpc) is 2.14. The highest BCUT2D eigenvalue weighted by molar-refractivity contribution is 5.70. The summed E-state index contributed by atoms with van der Waals surface area (Å²) in [5.74, 6) is -0.833. The molecule has 0 bridgehead atoms. The van der Waals surface area contributed by atoms with Crippen LogP contribution < -0.4 is 0 Å². The summed E-state index contributed by atoms with van der Waals surface area (Å²) in [6, 6.07) is 0. The molecule has 0 fully saturated rings. The van der Waals surface area contributed by atoms with Crippen LogP contribution in [0.2, 0.25) is 0 Å². The van der Waals surface area contributed by atoms with Gasteiger partial charge in [0.25, 0.3) is 0 Å². The standard InChI is InChI=1S/C15H30O2/c1-7-15(5,6)12(13(16)17)10-8-9-11-14(2,3)4/h12H,7-11H2,1-6H3,(H,16,17). The highest BCUT2D eigenvalue weighted by Crippen LogP contribution is 2.35. The maximum Gasteiger partial charge on any atom is 0.307 e. The molecule has 0 spiro atoms. The van der Waals surface area contributed by atoms with E-state index in [1.807, 2.05) is 0 Å². The summed E-state index contributed by atoms with van der Waals surface area (Å²) in [6.45, 7) is 12.9. The van der Waals surface area contributed by atoms with Crippen molar-refractivity contribution in [3.8, 4) is 0 Å². The number of aliphatic carboxylic acids is 1. The third-order valence-corrected chi connectivity index (χ3v) is 3.82. The maximum atomic E-state index is 11.3. The fraction of sp³-hybridized carbons (Fsp3) is 0.933.